The molecule has 0 bridgehead atoms. The Labute approximate surface area is 77.1 Å². The van der Waals surface area contributed by atoms with E-state index >= 15 is 0 Å². The summed E-state index contributed by atoms with van der Waals surface area (Å²) in [6.45, 7) is 0.799. The van der Waals surface area contributed by atoms with Gasteiger partial charge < -0.3 is 10.6 Å². The van der Waals surface area contributed by atoms with Crippen LogP contribution < -0.4 is 10.6 Å². The molecule has 1 aromatic rings. The van der Waals surface area contributed by atoms with E-state index in [0.717, 1.165) is 18.7 Å². The molecule has 13 heavy (non-hydrogen) atoms. The van der Waals surface area contributed by atoms with Crippen LogP contribution in [-0.2, 0) is 4.79 Å². The van der Waals surface area contributed by atoms with Crippen LogP contribution >= 0.6 is 0 Å². The fourth-order valence-corrected chi connectivity index (χ4v) is 1.64. The number of rotatable bonds is 1. The Morgan fingerprint density at radius 2 is 2.08 bits per heavy atom. The normalized spacial score (nSPS) is 16.6. The number of carbonyl (C=O) groups is 1. The third-order valence-corrected chi connectivity index (χ3v) is 2.30. The average molecular weight is 176 g/mol. The van der Waals surface area contributed by atoms with Gasteiger partial charge in [0.2, 0.25) is 5.91 Å². The summed E-state index contributed by atoms with van der Waals surface area (Å²) in [6.07, 6.45) is 1.58. The topological polar surface area (TPSA) is 46.3 Å². The average Bonchev–Trinajstić information content (AvgIpc) is 2.52. The molecule has 1 saturated heterocycles. The number of nitrogen functional groups attached to an aromatic ring is 1. The van der Waals surface area contributed by atoms with Crippen molar-refractivity contribution < 1.29 is 4.79 Å². The van der Waals surface area contributed by atoms with E-state index < -0.39 is 0 Å². The largest absolute Gasteiger partial charge is 0.397 e. The summed E-state index contributed by atoms with van der Waals surface area (Å²) in [6, 6.07) is 7.48. The molecule has 1 fully saturated rings. The van der Waals surface area contributed by atoms with E-state index in [1.54, 1.807) is 4.90 Å². The van der Waals surface area contributed by atoms with E-state index in [-0.39, 0.29) is 5.91 Å². The first-order valence-corrected chi connectivity index (χ1v) is 4.44. The molecule has 0 atom stereocenters. The summed E-state index contributed by atoms with van der Waals surface area (Å²) >= 11 is 0. The lowest BCUT2D eigenvalue weighted by Gasteiger charge is -2.17. The van der Waals surface area contributed by atoms with Crippen LogP contribution in [0.3, 0.4) is 0 Å². The fraction of sp³-hybridized carbons (Fsp3) is 0.300. The Morgan fingerprint density at radius 3 is 2.69 bits per heavy atom. The van der Waals surface area contributed by atoms with Crippen molar-refractivity contribution in [3.63, 3.8) is 0 Å². The first-order chi connectivity index (χ1) is 6.29. The van der Waals surface area contributed by atoms with Gasteiger partial charge in [-0.3, -0.25) is 4.79 Å². The van der Waals surface area contributed by atoms with Gasteiger partial charge in [0.25, 0.3) is 0 Å². The third-order valence-electron chi connectivity index (χ3n) is 2.30. The minimum absolute atomic E-state index is 0.179. The van der Waals surface area contributed by atoms with Gasteiger partial charge >= 0.3 is 0 Å². The second-order valence-electron chi connectivity index (χ2n) is 3.21. The van der Waals surface area contributed by atoms with Gasteiger partial charge in [-0.25, -0.2) is 0 Å². The first-order valence-electron chi connectivity index (χ1n) is 4.44. The number of benzene rings is 1. The molecular weight excluding hydrogens is 164 g/mol. The Bertz CT molecular complexity index is 335. The number of para-hydroxylation sites is 2. The summed E-state index contributed by atoms with van der Waals surface area (Å²) in [5.74, 6) is 0.179. The molecule has 0 unspecified atom stereocenters. The van der Waals surface area contributed by atoms with Crippen LogP contribution in [0.4, 0.5) is 11.4 Å². The lowest BCUT2D eigenvalue weighted by molar-refractivity contribution is -0.117. The second kappa shape index (κ2) is 3.09. The molecule has 0 saturated carbocycles. The molecule has 1 aliphatic heterocycles. The van der Waals surface area contributed by atoms with E-state index in [1.807, 2.05) is 24.3 Å². The summed E-state index contributed by atoms with van der Waals surface area (Å²) in [5, 5.41) is 0. The zero-order valence-electron chi connectivity index (χ0n) is 7.36. The molecule has 3 heteroatoms. The van der Waals surface area contributed by atoms with Gasteiger partial charge in [-0.2, -0.15) is 0 Å². The maximum absolute atomic E-state index is 11.4. The molecule has 2 rings (SSSR count). The van der Waals surface area contributed by atoms with E-state index in [0.29, 0.717) is 12.1 Å². The van der Waals surface area contributed by atoms with Crippen molar-refractivity contribution in [2.24, 2.45) is 0 Å². The lowest BCUT2D eigenvalue weighted by atomic mass is 10.2. The van der Waals surface area contributed by atoms with Gasteiger partial charge in [0.15, 0.2) is 0 Å². The predicted octanol–water partition coefficient (Wildman–Crippen LogP) is 1.40. The van der Waals surface area contributed by atoms with Gasteiger partial charge in [-0.15, -0.1) is 0 Å². The lowest BCUT2D eigenvalue weighted by Crippen LogP contribution is -2.24. The van der Waals surface area contributed by atoms with Gasteiger partial charge in [0.05, 0.1) is 11.4 Å². The van der Waals surface area contributed by atoms with E-state index in [4.69, 9.17) is 5.73 Å². The molecule has 2 N–H and O–H groups in total. The standard InChI is InChI=1S/C10H12N2O/c11-8-4-1-2-5-9(8)12-7-3-6-10(12)13/h1-2,4-5H,3,6-7,11H2. The van der Waals surface area contributed by atoms with Crippen LogP contribution in [0.25, 0.3) is 0 Å². The minimum atomic E-state index is 0.179. The molecule has 1 aromatic carbocycles. The van der Waals surface area contributed by atoms with Gasteiger partial charge in [-0.05, 0) is 18.6 Å². The van der Waals surface area contributed by atoms with Crippen molar-refractivity contribution in [3.8, 4) is 0 Å². The number of nitrogens with zero attached hydrogens (tertiary/aromatic N) is 1. The summed E-state index contributed by atoms with van der Waals surface area (Å²) < 4.78 is 0. The number of amides is 1. The summed E-state index contributed by atoms with van der Waals surface area (Å²) in [7, 11) is 0. The van der Waals surface area contributed by atoms with Crippen molar-refractivity contribution in [2.45, 2.75) is 12.8 Å². The van der Waals surface area contributed by atoms with Crippen LogP contribution in [0.5, 0.6) is 0 Å². The number of hydrogen-bond acceptors (Lipinski definition) is 2. The monoisotopic (exact) mass is 176 g/mol. The summed E-state index contributed by atoms with van der Waals surface area (Å²) in [5.41, 5.74) is 7.30. The second-order valence-corrected chi connectivity index (χ2v) is 3.21. The molecular formula is C10H12N2O. The van der Waals surface area contributed by atoms with Crippen molar-refractivity contribution in [1.82, 2.24) is 0 Å². The van der Waals surface area contributed by atoms with Crippen molar-refractivity contribution in [2.75, 3.05) is 17.2 Å². The molecule has 1 aliphatic rings. The highest BCUT2D eigenvalue weighted by molar-refractivity contribution is 5.97. The molecule has 1 amide bonds. The highest BCUT2D eigenvalue weighted by Gasteiger charge is 2.22. The van der Waals surface area contributed by atoms with Crippen molar-refractivity contribution >= 4 is 17.3 Å². The molecule has 0 aromatic heterocycles. The van der Waals surface area contributed by atoms with Crippen LogP contribution in [-0.4, -0.2) is 12.5 Å². The molecule has 0 aliphatic carbocycles. The van der Waals surface area contributed by atoms with Crippen molar-refractivity contribution in [1.29, 1.82) is 0 Å². The van der Waals surface area contributed by atoms with Crippen LogP contribution in [0.2, 0.25) is 0 Å². The zero-order valence-corrected chi connectivity index (χ0v) is 7.36. The Hall–Kier alpha value is -1.51. The van der Waals surface area contributed by atoms with Gasteiger partial charge in [-0.1, -0.05) is 12.1 Å². The number of carbonyl (C=O) groups excluding carboxylic acids is 1. The highest BCUT2D eigenvalue weighted by Crippen LogP contribution is 2.26. The van der Waals surface area contributed by atoms with E-state index in [2.05, 4.69) is 0 Å². The van der Waals surface area contributed by atoms with Crippen molar-refractivity contribution in [3.05, 3.63) is 24.3 Å². The Balaban J connectivity index is 2.34. The molecule has 68 valence electrons. The molecule has 0 radical (unpaired) electrons. The number of anilines is 2. The van der Waals surface area contributed by atoms with Crippen LogP contribution in [0, 0.1) is 0 Å². The number of hydrogen-bond donors (Lipinski definition) is 1. The Kier molecular flexibility index (Phi) is 1.93. The van der Waals surface area contributed by atoms with Crippen LogP contribution in [0.1, 0.15) is 12.8 Å². The number of nitrogens with two attached hydrogens (primary N) is 1. The molecule has 3 nitrogen and oxygen atoms in total. The highest BCUT2D eigenvalue weighted by atomic mass is 16.2. The molecule has 0 spiro atoms. The van der Waals surface area contributed by atoms with Gasteiger partial charge in [0.1, 0.15) is 0 Å². The van der Waals surface area contributed by atoms with Gasteiger partial charge in [0, 0.05) is 13.0 Å². The zero-order chi connectivity index (χ0) is 9.26. The minimum Gasteiger partial charge on any atom is -0.397 e. The Morgan fingerprint density at radius 1 is 1.31 bits per heavy atom. The predicted molar refractivity (Wildman–Crippen MR) is 52.4 cm³/mol. The van der Waals surface area contributed by atoms with E-state index in [1.165, 1.54) is 0 Å². The SMILES string of the molecule is Nc1ccccc1N1CCCC1=O. The summed E-state index contributed by atoms with van der Waals surface area (Å²) in [4.78, 5) is 13.2. The third kappa shape index (κ3) is 1.37. The maximum atomic E-state index is 11.4. The van der Waals surface area contributed by atoms with E-state index in [9.17, 15) is 4.79 Å². The van der Waals surface area contributed by atoms with Crippen LogP contribution in [0.15, 0.2) is 24.3 Å². The first kappa shape index (κ1) is 8.10. The quantitative estimate of drug-likeness (QED) is 0.657. The smallest absolute Gasteiger partial charge is 0.227 e. The fourth-order valence-electron chi connectivity index (χ4n) is 1.64. The maximum Gasteiger partial charge on any atom is 0.227 e. The molecule has 1 heterocycles.